The van der Waals surface area contributed by atoms with Crippen molar-refractivity contribution in [2.75, 3.05) is 37.4 Å². The first-order chi connectivity index (χ1) is 14.2. The van der Waals surface area contributed by atoms with Crippen LogP contribution in [0.15, 0.2) is 24.3 Å². The molecule has 1 aromatic heterocycles. The highest BCUT2D eigenvalue weighted by Crippen LogP contribution is 2.44. The first-order valence-corrected chi connectivity index (χ1v) is 10.7. The SMILES string of the molecule is CC.CNc1cc(C)nc(Nc2cc3c(c(C4=CC5CNCC5C4)c2)OCC3)n1. The molecule has 0 amide bonds. The summed E-state index contributed by atoms with van der Waals surface area (Å²) >= 11 is 0. The monoisotopic (exact) mass is 393 g/mol. The van der Waals surface area contributed by atoms with Crippen molar-refractivity contribution in [3.05, 3.63) is 41.1 Å². The van der Waals surface area contributed by atoms with Crippen molar-refractivity contribution < 1.29 is 4.74 Å². The average Bonchev–Trinajstić information content (AvgIpc) is 3.44. The number of aryl methyl sites for hydroxylation is 1. The summed E-state index contributed by atoms with van der Waals surface area (Å²) in [6.45, 7) is 8.96. The minimum atomic E-state index is 0.616. The molecule has 3 aliphatic rings. The predicted molar refractivity (Wildman–Crippen MR) is 119 cm³/mol. The molecule has 0 saturated carbocycles. The molecule has 2 aliphatic heterocycles. The summed E-state index contributed by atoms with van der Waals surface area (Å²) in [5.41, 5.74) is 5.89. The Morgan fingerprint density at radius 3 is 2.79 bits per heavy atom. The van der Waals surface area contributed by atoms with E-state index < -0.39 is 0 Å². The number of ether oxygens (including phenoxy) is 1. The molecule has 0 spiro atoms. The van der Waals surface area contributed by atoms with E-state index in [0.29, 0.717) is 11.9 Å². The van der Waals surface area contributed by atoms with Crippen molar-refractivity contribution >= 4 is 23.0 Å². The first-order valence-electron chi connectivity index (χ1n) is 10.7. The summed E-state index contributed by atoms with van der Waals surface area (Å²) in [5.74, 6) is 3.89. The van der Waals surface area contributed by atoms with Crippen LogP contribution < -0.4 is 20.7 Å². The van der Waals surface area contributed by atoms with E-state index in [2.05, 4.69) is 44.1 Å². The van der Waals surface area contributed by atoms with Gasteiger partial charge in [-0.3, -0.25) is 0 Å². The molecule has 1 aromatic carbocycles. The number of nitrogens with zero attached hydrogens (tertiary/aromatic N) is 2. The van der Waals surface area contributed by atoms with Crippen LogP contribution in [0.1, 0.15) is 37.1 Å². The molecule has 0 bridgehead atoms. The van der Waals surface area contributed by atoms with Crippen molar-refractivity contribution in [1.29, 1.82) is 0 Å². The molecule has 2 atom stereocenters. The van der Waals surface area contributed by atoms with Crippen LogP contribution in [0.25, 0.3) is 5.57 Å². The Kier molecular flexibility index (Phi) is 5.72. The number of fused-ring (bicyclic) bond motifs is 2. The van der Waals surface area contributed by atoms with Gasteiger partial charge in [0.1, 0.15) is 11.6 Å². The minimum absolute atomic E-state index is 0.616. The summed E-state index contributed by atoms with van der Waals surface area (Å²) in [7, 11) is 1.87. The Labute approximate surface area is 173 Å². The van der Waals surface area contributed by atoms with Crippen LogP contribution in [-0.2, 0) is 6.42 Å². The summed E-state index contributed by atoms with van der Waals surface area (Å²) < 4.78 is 6.00. The van der Waals surface area contributed by atoms with E-state index in [1.807, 2.05) is 33.9 Å². The van der Waals surface area contributed by atoms with Gasteiger partial charge in [0.2, 0.25) is 5.95 Å². The molecule has 2 unspecified atom stereocenters. The lowest BCUT2D eigenvalue weighted by Gasteiger charge is -2.14. The Balaban J connectivity index is 0.000000994. The third-order valence-corrected chi connectivity index (χ3v) is 5.79. The Bertz CT molecular complexity index is 924. The van der Waals surface area contributed by atoms with Gasteiger partial charge in [0.25, 0.3) is 0 Å². The van der Waals surface area contributed by atoms with E-state index in [1.165, 1.54) is 16.7 Å². The fraction of sp³-hybridized carbons (Fsp3) is 0.478. The second kappa shape index (κ2) is 8.41. The molecule has 29 heavy (non-hydrogen) atoms. The Morgan fingerprint density at radius 2 is 2.00 bits per heavy atom. The standard InChI is InChI=1S/C21H25N5O.C2H6/c1-12-5-19(22-2)26-21(24-12)25-17-8-13-3-4-27-20(13)18(9-17)14-6-15-10-23-11-16(15)7-14;1-2/h5-6,8-9,15-16,23H,3-4,7,10-11H2,1-2H3,(H2,22,24,25,26);1-2H3. The number of allylic oxidation sites excluding steroid dienone is 1. The van der Waals surface area contributed by atoms with E-state index in [9.17, 15) is 0 Å². The maximum Gasteiger partial charge on any atom is 0.229 e. The van der Waals surface area contributed by atoms with Crippen molar-refractivity contribution in [3.63, 3.8) is 0 Å². The maximum absolute atomic E-state index is 6.00. The number of nitrogens with one attached hydrogen (secondary N) is 3. The van der Waals surface area contributed by atoms with Crippen LogP contribution in [0, 0.1) is 18.8 Å². The van der Waals surface area contributed by atoms with Crippen molar-refractivity contribution in [1.82, 2.24) is 15.3 Å². The fourth-order valence-corrected chi connectivity index (χ4v) is 4.48. The van der Waals surface area contributed by atoms with Crippen LogP contribution in [0.4, 0.5) is 17.5 Å². The average molecular weight is 394 g/mol. The molecule has 1 fully saturated rings. The minimum Gasteiger partial charge on any atom is -0.492 e. The quantitative estimate of drug-likeness (QED) is 0.725. The highest BCUT2D eigenvalue weighted by Gasteiger charge is 2.33. The largest absolute Gasteiger partial charge is 0.492 e. The van der Waals surface area contributed by atoms with Gasteiger partial charge < -0.3 is 20.7 Å². The summed E-state index contributed by atoms with van der Waals surface area (Å²) in [4.78, 5) is 9.06. The molecule has 154 valence electrons. The van der Waals surface area contributed by atoms with Crippen molar-refractivity contribution in [2.45, 2.75) is 33.6 Å². The van der Waals surface area contributed by atoms with Gasteiger partial charge in [0.15, 0.2) is 0 Å². The van der Waals surface area contributed by atoms with Gasteiger partial charge in [0.05, 0.1) is 6.61 Å². The first kappa shape index (κ1) is 19.7. The number of rotatable bonds is 4. The van der Waals surface area contributed by atoms with Gasteiger partial charge >= 0.3 is 0 Å². The molecule has 6 nitrogen and oxygen atoms in total. The molecule has 1 aliphatic carbocycles. The maximum atomic E-state index is 6.00. The van der Waals surface area contributed by atoms with Gasteiger partial charge in [-0.1, -0.05) is 19.9 Å². The van der Waals surface area contributed by atoms with Crippen LogP contribution in [0.5, 0.6) is 5.75 Å². The van der Waals surface area contributed by atoms with E-state index in [0.717, 1.165) is 61.4 Å². The van der Waals surface area contributed by atoms with Gasteiger partial charge in [0, 0.05) is 48.6 Å². The molecular formula is C23H31N5O. The molecule has 3 N–H and O–H groups in total. The molecule has 6 heteroatoms. The second-order valence-electron chi connectivity index (χ2n) is 7.68. The van der Waals surface area contributed by atoms with E-state index in [-0.39, 0.29) is 0 Å². The zero-order valence-electron chi connectivity index (χ0n) is 17.8. The highest BCUT2D eigenvalue weighted by atomic mass is 16.5. The number of aromatic nitrogens is 2. The van der Waals surface area contributed by atoms with Crippen LogP contribution in [0.3, 0.4) is 0 Å². The van der Waals surface area contributed by atoms with Gasteiger partial charge in [-0.15, -0.1) is 0 Å². The molecular weight excluding hydrogens is 362 g/mol. The second-order valence-corrected chi connectivity index (χ2v) is 7.68. The van der Waals surface area contributed by atoms with Crippen LogP contribution >= 0.6 is 0 Å². The molecule has 2 aromatic rings. The molecule has 3 heterocycles. The Morgan fingerprint density at radius 1 is 1.14 bits per heavy atom. The lowest BCUT2D eigenvalue weighted by atomic mass is 9.96. The fourth-order valence-electron chi connectivity index (χ4n) is 4.48. The van der Waals surface area contributed by atoms with E-state index >= 15 is 0 Å². The normalized spacial score (nSPS) is 21.4. The Hall–Kier alpha value is -2.60. The summed E-state index contributed by atoms with van der Waals surface area (Å²) in [6, 6.07) is 6.31. The summed E-state index contributed by atoms with van der Waals surface area (Å²) in [6.07, 6.45) is 4.53. The van der Waals surface area contributed by atoms with Gasteiger partial charge in [-0.05, 0) is 49.4 Å². The summed E-state index contributed by atoms with van der Waals surface area (Å²) in [5, 5.41) is 9.99. The zero-order valence-corrected chi connectivity index (χ0v) is 17.8. The molecule has 5 rings (SSSR count). The van der Waals surface area contributed by atoms with Crippen LogP contribution in [0.2, 0.25) is 0 Å². The third-order valence-electron chi connectivity index (χ3n) is 5.79. The van der Waals surface area contributed by atoms with Crippen molar-refractivity contribution in [2.24, 2.45) is 11.8 Å². The third kappa shape index (κ3) is 3.94. The number of anilines is 3. The smallest absolute Gasteiger partial charge is 0.229 e. The number of hydrogen-bond donors (Lipinski definition) is 3. The van der Waals surface area contributed by atoms with Crippen molar-refractivity contribution in [3.8, 4) is 5.75 Å². The predicted octanol–water partition coefficient (Wildman–Crippen LogP) is 4.15. The zero-order chi connectivity index (χ0) is 20.4. The lowest BCUT2D eigenvalue weighted by Crippen LogP contribution is -2.09. The lowest BCUT2D eigenvalue weighted by molar-refractivity contribution is 0.356. The number of benzene rings is 1. The molecule has 0 radical (unpaired) electrons. The van der Waals surface area contributed by atoms with E-state index in [1.54, 1.807) is 0 Å². The van der Waals surface area contributed by atoms with E-state index in [4.69, 9.17) is 4.74 Å². The number of hydrogen-bond acceptors (Lipinski definition) is 6. The molecule has 1 saturated heterocycles. The topological polar surface area (TPSA) is 71.1 Å². The highest BCUT2D eigenvalue weighted by molar-refractivity contribution is 5.78. The van der Waals surface area contributed by atoms with Gasteiger partial charge in [-0.2, -0.15) is 4.98 Å². The van der Waals surface area contributed by atoms with Gasteiger partial charge in [-0.25, -0.2) is 4.98 Å². The van der Waals surface area contributed by atoms with Crippen LogP contribution in [-0.4, -0.2) is 36.7 Å².